The predicted octanol–water partition coefficient (Wildman–Crippen LogP) is 2.83. The SMILES string of the molecule is CS(=O)(=O)O[O-].Cc1cc2c3c([n+](C)c4ccc(F)cc4c3c1)C1C=C(F)C=CC1N2C. The molecule has 2 aromatic carbocycles. The summed E-state index contributed by atoms with van der Waals surface area (Å²) in [6.45, 7) is 2.06. The first-order chi connectivity index (χ1) is 15.0. The number of fused-ring (bicyclic) bond motifs is 4. The van der Waals surface area contributed by atoms with Gasteiger partial charge in [0.05, 0.1) is 34.7 Å². The highest BCUT2D eigenvalue weighted by Gasteiger charge is 2.40. The third kappa shape index (κ3) is 3.76. The Bertz CT molecular complexity index is 1420. The Labute approximate surface area is 184 Å². The van der Waals surface area contributed by atoms with Crippen LogP contribution in [0, 0.1) is 12.7 Å². The van der Waals surface area contributed by atoms with Crippen molar-refractivity contribution >= 4 is 37.5 Å². The topological polar surface area (TPSA) is 73.5 Å². The first-order valence-corrected chi connectivity index (χ1v) is 11.7. The number of anilines is 1. The summed E-state index contributed by atoms with van der Waals surface area (Å²) in [6, 6.07) is 9.24. The van der Waals surface area contributed by atoms with E-state index in [2.05, 4.69) is 32.9 Å². The molecule has 2 aliphatic rings. The molecular weight excluding hydrogens is 438 g/mol. The zero-order valence-corrected chi connectivity index (χ0v) is 18.8. The summed E-state index contributed by atoms with van der Waals surface area (Å²) in [6.07, 6.45) is 5.87. The van der Waals surface area contributed by atoms with Crippen molar-refractivity contribution in [3.63, 3.8) is 0 Å². The van der Waals surface area contributed by atoms with E-state index in [1.54, 1.807) is 18.2 Å². The first-order valence-electron chi connectivity index (χ1n) is 9.87. The van der Waals surface area contributed by atoms with E-state index in [-0.39, 0.29) is 23.6 Å². The molecule has 1 aliphatic heterocycles. The van der Waals surface area contributed by atoms with Crippen LogP contribution < -0.4 is 14.7 Å². The van der Waals surface area contributed by atoms with Gasteiger partial charge in [-0.05, 0) is 42.8 Å². The van der Waals surface area contributed by atoms with Gasteiger partial charge >= 0.3 is 0 Å². The maximum absolute atomic E-state index is 14.1. The molecule has 168 valence electrons. The van der Waals surface area contributed by atoms with Crippen LogP contribution >= 0.6 is 0 Å². The standard InChI is InChI=1S/C22H19F2N2.CH4O4S/c1-12-8-16-15-10-13(23)4-6-18(15)26(3)22-17-11-14(24)5-7-19(17)25(2)20(9-12)21(16)22;1-6(3,4)5-2/h4-11,17,19H,1-3H3;2H,1H3/q+1;/p-1. The Kier molecular flexibility index (Phi) is 5.52. The van der Waals surface area contributed by atoms with Gasteiger partial charge < -0.3 is 14.5 Å². The molecule has 1 aliphatic carbocycles. The Hall–Kier alpha value is -2.88. The molecule has 32 heavy (non-hydrogen) atoms. The molecule has 0 bridgehead atoms. The van der Waals surface area contributed by atoms with Gasteiger partial charge in [-0.25, -0.2) is 17.2 Å². The van der Waals surface area contributed by atoms with Crippen molar-refractivity contribution in [3.8, 4) is 0 Å². The third-order valence-electron chi connectivity index (χ3n) is 5.92. The lowest BCUT2D eigenvalue weighted by atomic mass is 9.82. The van der Waals surface area contributed by atoms with Gasteiger partial charge in [0.2, 0.25) is 11.2 Å². The van der Waals surface area contributed by atoms with E-state index in [9.17, 15) is 17.2 Å². The molecular formula is C23H22F2N2O4S. The molecule has 0 saturated heterocycles. The van der Waals surface area contributed by atoms with Crippen LogP contribution in [0.4, 0.5) is 14.5 Å². The van der Waals surface area contributed by atoms with Crippen molar-refractivity contribution in [2.45, 2.75) is 18.9 Å². The number of rotatable bonds is 1. The number of nitrogens with zero attached hydrogens (tertiary/aromatic N) is 2. The molecule has 0 spiro atoms. The van der Waals surface area contributed by atoms with E-state index in [1.165, 1.54) is 6.07 Å². The minimum Gasteiger partial charge on any atom is -0.707 e. The Morgan fingerprint density at radius 1 is 1.16 bits per heavy atom. The monoisotopic (exact) mass is 460 g/mol. The number of pyridine rings is 1. The highest BCUT2D eigenvalue weighted by molar-refractivity contribution is 7.85. The second kappa shape index (κ2) is 7.91. The second-order valence-electron chi connectivity index (χ2n) is 8.12. The fraction of sp³-hybridized carbons (Fsp3) is 0.261. The normalized spacial score (nSPS) is 19.5. The van der Waals surface area contributed by atoms with E-state index in [1.807, 2.05) is 26.2 Å². The van der Waals surface area contributed by atoms with Crippen molar-refractivity contribution in [1.82, 2.24) is 0 Å². The van der Waals surface area contributed by atoms with E-state index >= 15 is 0 Å². The predicted molar refractivity (Wildman–Crippen MR) is 117 cm³/mol. The average molecular weight is 461 g/mol. The Morgan fingerprint density at radius 2 is 1.84 bits per heavy atom. The highest BCUT2D eigenvalue weighted by atomic mass is 32.2. The van der Waals surface area contributed by atoms with Crippen LogP contribution in [0.2, 0.25) is 0 Å². The van der Waals surface area contributed by atoms with Crippen LogP contribution in [0.25, 0.3) is 21.7 Å². The molecule has 0 radical (unpaired) electrons. The maximum Gasteiger partial charge on any atom is 0.255 e. The number of halogens is 2. The summed E-state index contributed by atoms with van der Waals surface area (Å²) in [5.74, 6) is -0.533. The molecule has 0 fully saturated rings. The minimum absolute atomic E-state index is 0.0658. The minimum atomic E-state index is -3.72. The summed E-state index contributed by atoms with van der Waals surface area (Å²) in [4.78, 5) is 2.21. The van der Waals surface area contributed by atoms with E-state index in [0.717, 1.165) is 38.6 Å². The number of aromatic nitrogens is 1. The number of allylic oxidation sites excluding steroid dienone is 2. The summed E-state index contributed by atoms with van der Waals surface area (Å²) in [5, 5.41) is 11.9. The molecule has 6 nitrogen and oxygen atoms in total. The molecule has 3 aromatic rings. The van der Waals surface area contributed by atoms with E-state index < -0.39 is 10.1 Å². The maximum atomic E-state index is 14.1. The zero-order valence-electron chi connectivity index (χ0n) is 18.0. The van der Waals surface area contributed by atoms with Crippen molar-refractivity contribution < 1.29 is 31.4 Å². The Balaban J connectivity index is 0.000000363. The van der Waals surface area contributed by atoms with Gasteiger partial charge in [0.1, 0.15) is 18.7 Å². The molecule has 0 N–H and O–H groups in total. The van der Waals surface area contributed by atoms with Crippen LogP contribution in [0.1, 0.15) is 17.2 Å². The third-order valence-corrected chi connectivity index (χ3v) is 6.16. The number of likely N-dealkylation sites (N-methyl/N-ethyl adjacent to an activating group) is 1. The van der Waals surface area contributed by atoms with Crippen molar-refractivity contribution in [2.75, 3.05) is 18.2 Å². The molecule has 0 amide bonds. The molecule has 2 atom stereocenters. The van der Waals surface area contributed by atoms with E-state index in [4.69, 9.17) is 5.26 Å². The fourth-order valence-electron chi connectivity index (χ4n) is 4.64. The zero-order chi connectivity index (χ0) is 23.4. The lowest BCUT2D eigenvalue weighted by molar-refractivity contribution is -0.652. The van der Waals surface area contributed by atoms with Crippen molar-refractivity contribution in [1.29, 1.82) is 0 Å². The molecule has 0 saturated carbocycles. The van der Waals surface area contributed by atoms with Crippen LogP contribution in [0.5, 0.6) is 0 Å². The van der Waals surface area contributed by atoms with E-state index in [0.29, 0.717) is 6.26 Å². The largest absolute Gasteiger partial charge is 0.707 e. The van der Waals surface area contributed by atoms with Crippen LogP contribution in [-0.4, -0.2) is 27.8 Å². The van der Waals surface area contributed by atoms with Crippen LogP contribution in [0.15, 0.2) is 54.4 Å². The molecule has 5 rings (SSSR count). The van der Waals surface area contributed by atoms with Gasteiger partial charge in [-0.15, -0.1) is 0 Å². The van der Waals surface area contributed by atoms with Gasteiger partial charge in [-0.1, -0.05) is 12.1 Å². The van der Waals surface area contributed by atoms with Gasteiger partial charge in [0.15, 0.2) is 0 Å². The molecule has 2 heterocycles. The molecule has 1 aromatic heterocycles. The molecule has 2 unspecified atom stereocenters. The lowest BCUT2D eigenvalue weighted by Crippen LogP contribution is -2.46. The number of hydrogen-bond acceptors (Lipinski definition) is 5. The average Bonchev–Trinajstić information content (AvgIpc) is 2.73. The van der Waals surface area contributed by atoms with Crippen LogP contribution in [-0.2, 0) is 21.5 Å². The number of hydrogen-bond donors (Lipinski definition) is 0. The highest BCUT2D eigenvalue weighted by Crippen LogP contribution is 2.45. The quantitative estimate of drug-likeness (QED) is 0.242. The fourth-order valence-corrected chi connectivity index (χ4v) is 4.64. The molecule has 9 heteroatoms. The summed E-state index contributed by atoms with van der Waals surface area (Å²) >= 11 is 0. The van der Waals surface area contributed by atoms with Crippen molar-refractivity contribution in [2.24, 2.45) is 7.05 Å². The van der Waals surface area contributed by atoms with Gasteiger partial charge in [0, 0.05) is 18.5 Å². The van der Waals surface area contributed by atoms with Crippen molar-refractivity contribution in [3.05, 3.63) is 71.5 Å². The number of aryl methyl sites for hydroxylation is 2. The number of benzene rings is 2. The van der Waals surface area contributed by atoms with Gasteiger partial charge in [-0.2, -0.15) is 4.57 Å². The van der Waals surface area contributed by atoms with Gasteiger partial charge in [0.25, 0.3) is 10.1 Å². The summed E-state index contributed by atoms with van der Waals surface area (Å²) in [7, 11) is 0.321. The summed E-state index contributed by atoms with van der Waals surface area (Å²) in [5.41, 5.74) is 4.27. The smallest absolute Gasteiger partial charge is 0.255 e. The lowest BCUT2D eigenvalue weighted by Gasteiger charge is -2.38. The Morgan fingerprint density at radius 3 is 2.50 bits per heavy atom. The summed E-state index contributed by atoms with van der Waals surface area (Å²) < 4.78 is 51.8. The first kappa shape index (κ1) is 22.3. The van der Waals surface area contributed by atoms with Crippen LogP contribution in [0.3, 0.4) is 0 Å². The van der Waals surface area contributed by atoms with Gasteiger partial charge in [-0.3, -0.25) is 0 Å². The second-order valence-corrected chi connectivity index (χ2v) is 9.67.